The summed E-state index contributed by atoms with van der Waals surface area (Å²) in [5.74, 6) is 0.211. The number of methoxy groups -OCH3 is 1. The predicted molar refractivity (Wildman–Crippen MR) is 80.4 cm³/mol. The van der Waals surface area contributed by atoms with Crippen LogP contribution in [0.2, 0.25) is 0 Å². The maximum Gasteiger partial charge on any atom is 0.250 e. The van der Waals surface area contributed by atoms with Crippen LogP contribution in [-0.2, 0) is 0 Å². The van der Waals surface area contributed by atoms with Crippen LogP contribution in [0, 0.1) is 0 Å². The van der Waals surface area contributed by atoms with Crippen molar-refractivity contribution < 1.29 is 9.53 Å². The number of hydrogen-bond acceptors (Lipinski definition) is 4. The van der Waals surface area contributed by atoms with Crippen LogP contribution in [-0.4, -0.2) is 20.1 Å². The van der Waals surface area contributed by atoms with Gasteiger partial charge in [-0.2, -0.15) is 0 Å². The van der Waals surface area contributed by atoms with Crippen molar-refractivity contribution in [1.82, 2.24) is 0 Å². The fourth-order valence-corrected chi connectivity index (χ4v) is 2.02. The second-order valence-electron chi connectivity index (χ2n) is 4.36. The van der Waals surface area contributed by atoms with Crippen molar-refractivity contribution in [2.75, 3.05) is 24.8 Å². The highest BCUT2D eigenvalue weighted by atomic mass is 16.5. The molecule has 0 unspecified atom stereocenters. The van der Waals surface area contributed by atoms with Gasteiger partial charge >= 0.3 is 0 Å². The normalized spacial score (nSPS) is 10.1. The number of benzene rings is 2. The molecule has 0 atom stereocenters. The van der Waals surface area contributed by atoms with Gasteiger partial charge < -0.3 is 21.1 Å². The van der Waals surface area contributed by atoms with Crippen LogP contribution in [0.3, 0.4) is 0 Å². The summed E-state index contributed by atoms with van der Waals surface area (Å²) in [4.78, 5) is 13.2. The summed E-state index contributed by atoms with van der Waals surface area (Å²) in [7, 11) is 3.48. The van der Waals surface area contributed by atoms with E-state index in [0.717, 1.165) is 17.1 Å². The molecule has 0 radical (unpaired) electrons. The van der Waals surface area contributed by atoms with Crippen molar-refractivity contribution in [1.29, 1.82) is 0 Å². The smallest absolute Gasteiger partial charge is 0.250 e. The van der Waals surface area contributed by atoms with E-state index in [4.69, 9.17) is 16.2 Å². The van der Waals surface area contributed by atoms with Crippen LogP contribution < -0.4 is 21.1 Å². The molecule has 0 saturated heterocycles. The number of carbonyl (C=O) groups excluding carboxylic acids is 1. The van der Waals surface area contributed by atoms with Crippen LogP contribution in [0.25, 0.3) is 0 Å². The van der Waals surface area contributed by atoms with E-state index >= 15 is 0 Å². The number of rotatable bonds is 4. The molecule has 0 aromatic heterocycles. The summed E-state index contributed by atoms with van der Waals surface area (Å²) in [6.45, 7) is 0. The minimum atomic E-state index is -0.539. The van der Waals surface area contributed by atoms with Gasteiger partial charge in [-0.15, -0.1) is 0 Å². The average molecular weight is 271 g/mol. The van der Waals surface area contributed by atoms with Crippen molar-refractivity contribution in [3.8, 4) is 5.75 Å². The van der Waals surface area contributed by atoms with Crippen LogP contribution in [0.15, 0.2) is 42.5 Å². The van der Waals surface area contributed by atoms with Crippen molar-refractivity contribution >= 4 is 23.0 Å². The second kappa shape index (κ2) is 5.52. The largest absolute Gasteiger partial charge is 0.497 e. The molecule has 4 N–H and O–H groups in total. The third kappa shape index (κ3) is 2.51. The van der Waals surface area contributed by atoms with E-state index < -0.39 is 5.91 Å². The number of amides is 1. The molecule has 2 aromatic rings. The molecule has 0 bridgehead atoms. The molecule has 0 aliphatic carbocycles. The zero-order valence-corrected chi connectivity index (χ0v) is 11.5. The predicted octanol–water partition coefficient (Wildman–Crippen LogP) is 2.14. The van der Waals surface area contributed by atoms with E-state index in [9.17, 15) is 4.79 Å². The fourth-order valence-electron chi connectivity index (χ4n) is 2.02. The highest BCUT2D eigenvalue weighted by Crippen LogP contribution is 2.32. The molecule has 2 rings (SSSR count). The number of para-hydroxylation sites is 1. The Bertz CT molecular complexity index is 641. The minimum absolute atomic E-state index is 0.317. The molecule has 0 saturated carbocycles. The topological polar surface area (TPSA) is 81.6 Å². The van der Waals surface area contributed by atoms with Crippen LogP contribution in [0.1, 0.15) is 10.4 Å². The molecular formula is C15H17N3O2. The Morgan fingerprint density at radius 2 is 1.90 bits per heavy atom. The van der Waals surface area contributed by atoms with Gasteiger partial charge in [-0.25, -0.2) is 0 Å². The van der Waals surface area contributed by atoms with Crippen molar-refractivity contribution in [3.63, 3.8) is 0 Å². The van der Waals surface area contributed by atoms with Crippen LogP contribution >= 0.6 is 0 Å². The number of anilines is 3. The number of ether oxygens (including phenoxy) is 1. The van der Waals surface area contributed by atoms with Crippen LogP contribution in [0.5, 0.6) is 5.75 Å². The molecule has 0 aliphatic heterocycles. The lowest BCUT2D eigenvalue weighted by Gasteiger charge is -2.22. The zero-order chi connectivity index (χ0) is 14.7. The monoisotopic (exact) mass is 271 g/mol. The Morgan fingerprint density at radius 1 is 1.20 bits per heavy atom. The lowest BCUT2D eigenvalue weighted by atomic mass is 10.1. The van der Waals surface area contributed by atoms with Gasteiger partial charge in [-0.3, -0.25) is 4.79 Å². The molecule has 5 nitrogen and oxygen atoms in total. The number of nitrogens with two attached hydrogens (primary N) is 2. The Morgan fingerprint density at radius 3 is 2.55 bits per heavy atom. The van der Waals surface area contributed by atoms with Gasteiger partial charge in [0, 0.05) is 18.8 Å². The standard InChI is InChI=1S/C15H17N3O2/c1-18(10-5-3-6-11(9-10)20-2)13-8-4-7-12(14(13)16)15(17)19/h3-9H,16H2,1-2H3,(H2,17,19). The zero-order valence-electron chi connectivity index (χ0n) is 11.5. The van der Waals surface area contributed by atoms with Crippen LogP contribution in [0.4, 0.5) is 17.1 Å². The van der Waals surface area contributed by atoms with E-state index in [1.807, 2.05) is 42.3 Å². The SMILES string of the molecule is COc1cccc(N(C)c2cccc(C(N)=O)c2N)c1. The Balaban J connectivity index is 2.45. The first-order valence-corrected chi connectivity index (χ1v) is 6.10. The van der Waals surface area contributed by atoms with Gasteiger partial charge in [-0.1, -0.05) is 12.1 Å². The quantitative estimate of drug-likeness (QED) is 0.835. The molecule has 20 heavy (non-hydrogen) atoms. The first kappa shape index (κ1) is 13.7. The first-order chi connectivity index (χ1) is 9.54. The first-order valence-electron chi connectivity index (χ1n) is 6.10. The van der Waals surface area contributed by atoms with Gasteiger partial charge in [0.1, 0.15) is 5.75 Å². The summed E-state index contributed by atoms with van der Waals surface area (Å²) in [6, 6.07) is 12.8. The molecule has 0 heterocycles. The highest BCUT2D eigenvalue weighted by molar-refractivity contribution is 6.01. The van der Waals surface area contributed by atoms with E-state index in [2.05, 4.69) is 0 Å². The van der Waals surface area contributed by atoms with Gasteiger partial charge in [0.2, 0.25) is 0 Å². The van der Waals surface area contributed by atoms with Crippen molar-refractivity contribution in [2.45, 2.75) is 0 Å². The minimum Gasteiger partial charge on any atom is -0.497 e. The Labute approximate surface area is 117 Å². The number of carbonyl (C=O) groups is 1. The van der Waals surface area contributed by atoms with E-state index in [1.165, 1.54) is 0 Å². The lowest BCUT2D eigenvalue weighted by Crippen LogP contribution is -2.17. The maximum absolute atomic E-state index is 11.3. The molecule has 1 amide bonds. The summed E-state index contributed by atoms with van der Waals surface area (Å²) < 4.78 is 5.20. The molecule has 0 fully saturated rings. The van der Waals surface area contributed by atoms with Crippen molar-refractivity contribution in [3.05, 3.63) is 48.0 Å². The number of primary amides is 1. The molecular weight excluding hydrogens is 254 g/mol. The van der Waals surface area contributed by atoms with Gasteiger partial charge in [0.25, 0.3) is 5.91 Å². The fraction of sp³-hybridized carbons (Fsp3) is 0.133. The van der Waals surface area contributed by atoms with E-state index in [0.29, 0.717) is 11.3 Å². The Kier molecular flexibility index (Phi) is 3.79. The van der Waals surface area contributed by atoms with Gasteiger partial charge in [-0.05, 0) is 24.3 Å². The summed E-state index contributed by atoms with van der Waals surface area (Å²) in [5, 5.41) is 0. The second-order valence-corrected chi connectivity index (χ2v) is 4.36. The lowest BCUT2D eigenvalue weighted by molar-refractivity contribution is 0.100. The summed E-state index contributed by atoms with van der Waals surface area (Å²) in [5.41, 5.74) is 13.6. The third-order valence-electron chi connectivity index (χ3n) is 3.15. The van der Waals surface area contributed by atoms with Gasteiger partial charge in [0.15, 0.2) is 0 Å². The molecule has 5 heteroatoms. The number of nitrogen functional groups attached to an aromatic ring is 1. The molecule has 2 aromatic carbocycles. The Hall–Kier alpha value is -2.69. The maximum atomic E-state index is 11.3. The van der Waals surface area contributed by atoms with E-state index in [1.54, 1.807) is 19.2 Å². The number of hydrogen-bond donors (Lipinski definition) is 2. The third-order valence-corrected chi connectivity index (χ3v) is 3.15. The average Bonchev–Trinajstić information content (AvgIpc) is 2.46. The summed E-state index contributed by atoms with van der Waals surface area (Å²) >= 11 is 0. The molecule has 0 aliphatic rings. The highest BCUT2D eigenvalue weighted by Gasteiger charge is 2.13. The summed E-state index contributed by atoms with van der Waals surface area (Å²) in [6.07, 6.45) is 0. The van der Waals surface area contributed by atoms with Gasteiger partial charge in [0.05, 0.1) is 24.0 Å². The molecule has 0 spiro atoms. The van der Waals surface area contributed by atoms with E-state index in [-0.39, 0.29) is 0 Å². The molecule has 104 valence electrons. The van der Waals surface area contributed by atoms with Crippen molar-refractivity contribution in [2.24, 2.45) is 5.73 Å². The number of nitrogens with zero attached hydrogens (tertiary/aromatic N) is 1.